The Morgan fingerprint density at radius 1 is 0.971 bits per heavy atom. The molecule has 0 radical (unpaired) electrons. The molecule has 8 heteroatoms. The number of sulfonamides is 1. The summed E-state index contributed by atoms with van der Waals surface area (Å²) in [5.74, 6) is -0.706. The SMILES string of the molecule is CC[C@H](C(=O)NC(C)(C)C)N(Cc1ccc(C)cc1)C(=O)CN(c1ccc(C)c(C)c1)S(C)(=O)=O. The molecule has 0 aromatic heterocycles. The number of nitrogens with one attached hydrogen (secondary N) is 1. The van der Waals surface area contributed by atoms with Crippen molar-refractivity contribution < 1.29 is 18.0 Å². The van der Waals surface area contributed by atoms with Crippen molar-refractivity contribution in [1.29, 1.82) is 0 Å². The maximum Gasteiger partial charge on any atom is 0.244 e. The Labute approximate surface area is 210 Å². The van der Waals surface area contributed by atoms with Gasteiger partial charge in [-0.05, 0) is 76.8 Å². The van der Waals surface area contributed by atoms with Gasteiger partial charge in [-0.2, -0.15) is 0 Å². The second kappa shape index (κ2) is 11.2. The third kappa shape index (κ3) is 8.09. The minimum Gasteiger partial charge on any atom is -0.350 e. The Kier molecular flexibility index (Phi) is 9.11. The maximum atomic E-state index is 13.7. The second-order valence-electron chi connectivity index (χ2n) is 10.2. The number of benzene rings is 2. The van der Waals surface area contributed by atoms with Crippen molar-refractivity contribution in [3.8, 4) is 0 Å². The molecule has 2 aromatic rings. The molecule has 2 aromatic carbocycles. The molecule has 0 saturated heterocycles. The molecular weight excluding hydrogens is 462 g/mol. The van der Waals surface area contributed by atoms with E-state index in [-0.39, 0.29) is 12.5 Å². The average Bonchev–Trinajstić information content (AvgIpc) is 2.73. The van der Waals surface area contributed by atoms with E-state index in [1.165, 1.54) is 4.90 Å². The molecule has 1 N–H and O–H groups in total. The average molecular weight is 502 g/mol. The number of aryl methyl sites for hydroxylation is 3. The molecule has 35 heavy (non-hydrogen) atoms. The van der Waals surface area contributed by atoms with Crippen molar-refractivity contribution in [3.05, 3.63) is 64.7 Å². The highest BCUT2D eigenvalue weighted by atomic mass is 32.2. The highest BCUT2D eigenvalue weighted by Gasteiger charge is 2.33. The molecule has 0 aliphatic rings. The van der Waals surface area contributed by atoms with Gasteiger partial charge in [-0.15, -0.1) is 0 Å². The van der Waals surface area contributed by atoms with Crippen LogP contribution >= 0.6 is 0 Å². The van der Waals surface area contributed by atoms with Gasteiger partial charge in [0.2, 0.25) is 21.8 Å². The number of hydrogen-bond donors (Lipinski definition) is 1. The van der Waals surface area contributed by atoms with E-state index < -0.39 is 34.1 Å². The summed E-state index contributed by atoms with van der Waals surface area (Å²) in [5.41, 5.74) is 3.86. The van der Waals surface area contributed by atoms with E-state index in [0.29, 0.717) is 12.1 Å². The van der Waals surface area contributed by atoms with Crippen LogP contribution in [-0.2, 0) is 26.2 Å². The van der Waals surface area contributed by atoms with E-state index in [4.69, 9.17) is 0 Å². The highest BCUT2D eigenvalue weighted by Crippen LogP contribution is 2.23. The lowest BCUT2D eigenvalue weighted by atomic mass is 10.1. The smallest absolute Gasteiger partial charge is 0.244 e. The molecule has 192 valence electrons. The van der Waals surface area contributed by atoms with Gasteiger partial charge in [0.1, 0.15) is 12.6 Å². The molecule has 0 aliphatic heterocycles. The van der Waals surface area contributed by atoms with Gasteiger partial charge in [0.25, 0.3) is 0 Å². The Morgan fingerprint density at radius 2 is 1.57 bits per heavy atom. The fourth-order valence-corrected chi connectivity index (χ4v) is 4.60. The number of amides is 2. The van der Waals surface area contributed by atoms with Crippen LogP contribution < -0.4 is 9.62 Å². The molecule has 2 rings (SSSR count). The topological polar surface area (TPSA) is 86.8 Å². The van der Waals surface area contributed by atoms with Crippen LogP contribution in [0.5, 0.6) is 0 Å². The quantitative estimate of drug-likeness (QED) is 0.560. The number of carbonyl (C=O) groups excluding carboxylic acids is 2. The Bertz CT molecular complexity index is 1150. The zero-order valence-electron chi connectivity index (χ0n) is 22.2. The summed E-state index contributed by atoms with van der Waals surface area (Å²) in [4.78, 5) is 28.4. The summed E-state index contributed by atoms with van der Waals surface area (Å²) >= 11 is 0. The van der Waals surface area contributed by atoms with Gasteiger partial charge < -0.3 is 10.2 Å². The summed E-state index contributed by atoms with van der Waals surface area (Å²) in [7, 11) is -3.75. The van der Waals surface area contributed by atoms with Crippen molar-refractivity contribution in [2.75, 3.05) is 17.1 Å². The van der Waals surface area contributed by atoms with Crippen molar-refractivity contribution in [1.82, 2.24) is 10.2 Å². The minimum absolute atomic E-state index is 0.194. The minimum atomic E-state index is -3.75. The zero-order valence-corrected chi connectivity index (χ0v) is 23.0. The van der Waals surface area contributed by atoms with Gasteiger partial charge in [0.15, 0.2) is 0 Å². The molecule has 7 nitrogen and oxygen atoms in total. The lowest BCUT2D eigenvalue weighted by Gasteiger charge is -2.34. The van der Waals surface area contributed by atoms with E-state index in [1.807, 2.05) is 78.8 Å². The van der Waals surface area contributed by atoms with Crippen molar-refractivity contribution in [3.63, 3.8) is 0 Å². The van der Waals surface area contributed by atoms with Crippen LogP contribution in [-0.4, -0.2) is 49.5 Å². The Hall–Kier alpha value is -2.87. The Balaban J connectivity index is 2.47. The van der Waals surface area contributed by atoms with Gasteiger partial charge in [0.05, 0.1) is 11.9 Å². The van der Waals surface area contributed by atoms with Crippen LogP contribution in [0, 0.1) is 20.8 Å². The fourth-order valence-electron chi connectivity index (χ4n) is 3.76. The van der Waals surface area contributed by atoms with E-state index in [1.54, 1.807) is 12.1 Å². The molecule has 1 atom stereocenters. The van der Waals surface area contributed by atoms with Crippen molar-refractivity contribution in [2.24, 2.45) is 0 Å². The molecule has 0 heterocycles. The van der Waals surface area contributed by atoms with Gasteiger partial charge in [0, 0.05) is 12.1 Å². The summed E-state index contributed by atoms with van der Waals surface area (Å²) in [6, 6.07) is 12.3. The Morgan fingerprint density at radius 3 is 2.06 bits per heavy atom. The molecule has 0 fully saturated rings. The van der Waals surface area contributed by atoms with E-state index in [0.717, 1.165) is 32.8 Å². The monoisotopic (exact) mass is 501 g/mol. The number of rotatable bonds is 9. The third-order valence-corrected chi connectivity index (χ3v) is 6.96. The van der Waals surface area contributed by atoms with E-state index in [2.05, 4.69) is 5.32 Å². The number of hydrogen-bond acceptors (Lipinski definition) is 4. The number of carbonyl (C=O) groups is 2. The maximum absolute atomic E-state index is 13.7. The first-order valence-corrected chi connectivity index (χ1v) is 13.7. The van der Waals surface area contributed by atoms with Crippen molar-refractivity contribution >= 4 is 27.5 Å². The predicted octanol–water partition coefficient (Wildman–Crippen LogP) is 4.10. The van der Waals surface area contributed by atoms with Crippen LogP contribution in [0.15, 0.2) is 42.5 Å². The van der Waals surface area contributed by atoms with E-state index in [9.17, 15) is 18.0 Å². The van der Waals surface area contributed by atoms with Gasteiger partial charge >= 0.3 is 0 Å². The van der Waals surface area contributed by atoms with Crippen LogP contribution in [0.1, 0.15) is 56.4 Å². The standard InChI is InChI=1S/C27H39N3O4S/c1-9-24(26(32)28-27(5,6)7)29(17-22-13-10-19(2)11-14-22)25(31)18-30(35(8,33)34)23-15-12-20(3)21(4)16-23/h10-16,24H,9,17-18H2,1-8H3,(H,28,32)/t24-/m1/s1. The summed E-state index contributed by atoms with van der Waals surface area (Å²) in [5, 5.41) is 2.96. The first-order valence-electron chi connectivity index (χ1n) is 11.8. The number of anilines is 1. The molecule has 2 amide bonds. The molecule has 0 spiro atoms. The summed E-state index contributed by atoms with van der Waals surface area (Å²) in [6.07, 6.45) is 1.48. The summed E-state index contributed by atoms with van der Waals surface area (Å²) < 4.78 is 26.5. The van der Waals surface area contributed by atoms with Crippen LogP contribution in [0.4, 0.5) is 5.69 Å². The van der Waals surface area contributed by atoms with Gasteiger partial charge in [-0.3, -0.25) is 13.9 Å². The predicted molar refractivity (Wildman–Crippen MR) is 142 cm³/mol. The summed E-state index contributed by atoms with van der Waals surface area (Å²) in [6.45, 7) is 13.1. The van der Waals surface area contributed by atoms with Crippen LogP contribution in [0.2, 0.25) is 0 Å². The first kappa shape index (κ1) is 28.4. The largest absolute Gasteiger partial charge is 0.350 e. The van der Waals surface area contributed by atoms with Crippen LogP contribution in [0.3, 0.4) is 0 Å². The zero-order chi connectivity index (χ0) is 26.6. The highest BCUT2D eigenvalue weighted by molar-refractivity contribution is 7.92. The fraction of sp³-hybridized carbons (Fsp3) is 0.481. The second-order valence-corrected chi connectivity index (χ2v) is 12.1. The molecule has 0 aliphatic carbocycles. The molecule has 0 bridgehead atoms. The third-order valence-electron chi connectivity index (χ3n) is 5.82. The molecular formula is C27H39N3O4S. The lowest BCUT2D eigenvalue weighted by molar-refractivity contribution is -0.141. The molecule has 0 unspecified atom stereocenters. The normalized spacial score (nSPS) is 12.7. The van der Waals surface area contributed by atoms with Crippen molar-refractivity contribution in [2.45, 2.75) is 73.0 Å². The van der Waals surface area contributed by atoms with Gasteiger partial charge in [-0.1, -0.05) is 42.8 Å². The molecule has 0 saturated carbocycles. The number of nitrogens with zero attached hydrogens (tertiary/aromatic N) is 2. The van der Waals surface area contributed by atoms with Crippen LogP contribution in [0.25, 0.3) is 0 Å². The van der Waals surface area contributed by atoms with Gasteiger partial charge in [-0.25, -0.2) is 8.42 Å². The lowest BCUT2D eigenvalue weighted by Crippen LogP contribution is -2.55. The first-order chi connectivity index (χ1) is 16.1. The van der Waals surface area contributed by atoms with E-state index >= 15 is 0 Å².